The Kier molecular flexibility index (Phi) is 3.01. The summed E-state index contributed by atoms with van der Waals surface area (Å²) in [6, 6.07) is 0. The van der Waals surface area contributed by atoms with Crippen molar-refractivity contribution in [3.8, 4) is 0 Å². The largest absolute Gasteiger partial charge is 0.393 e. The van der Waals surface area contributed by atoms with Crippen molar-refractivity contribution in [3.63, 3.8) is 0 Å². The number of likely N-dealkylation sites (tertiary alicyclic amines) is 1. The lowest BCUT2D eigenvalue weighted by molar-refractivity contribution is -0.134. The normalized spacial score (nSPS) is 36.7. The smallest absolute Gasteiger partial charge is 0.225 e. The van der Waals surface area contributed by atoms with E-state index in [1.165, 1.54) is 0 Å². The SMILES string of the molecule is CCC(C)C(=O)N1CC2CCC(O)C2C1. The lowest BCUT2D eigenvalue weighted by atomic mass is 10.00. The second-order valence-electron chi connectivity index (χ2n) is 5.12. The Labute approximate surface area is 91.5 Å². The molecule has 1 saturated heterocycles. The number of fused-ring (bicyclic) bond motifs is 1. The zero-order valence-corrected chi connectivity index (χ0v) is 9.65. The lowest BCUT2D eigenvalue weighted by Gasteiger charge is -2.21. The van der Waals surface area contributed by atoms with Crippen molar-refractivity contribution < 1.29 is 9.90 Å². The van der Waals surface area contributed by atoms with E-state index in [4.69, 9.17) is 0 Å². The van der Waals surface area contributed by atoms with Gasteiger partial charge >= 0.3 is 0 Å². The van der Waals surface area contributed by atoms with Gasteiger partial charge in [-0.2, -0.15) is 0 Å². The van der Waals surface area contributed by atoms with E-state index in [0.29, 0.717) is 11.8 Å². The molecule has 0 spiro atoms. The van der Waals surface area contributed by atoms with E-state index in [9.17, 15) is 9.90 Å². The minimum atomic E-state index is -0.162. The fourth-order valence-electron chi connectivity index (χ4n) is 2.90. The average Bonchev–Trinajstić information content (AvgIpc) is 2.79. The highest BCUT2D eigenvalue weighted by atomic mass is 16.3. The third kappa shape index (κ3) is 1.89. The second kappa shape index (κ2) is 4.12. The fraction of sp³-hybridized carbons (Fsp3) is 0.917. The quantitative estimate of drug-likeness (QED) is 0.747. The highest BCUT2D eigenvalue weighted by Crippen LogP contribution is 2.38. The molecule has 1 aliphatic carbocycles. The molecule has 3 heteroatoms. The summed E-state index contributed by atoms with van der Waals surface area (Å²) in [6.45, 7) is 5.71. The number of aliphatic hydroxyl groups excluding tert-OH is 1. The van der Waals surface area contributed by atoms with Crippen molar-refractivity contribution in [1.29, 1.82) is 0 Å². The number of rotatable bonds is 2. The molecular weight excluding hydrogens is 190 g/mol. The molecule has 4 atom stereocenters. The van der Waals surface area contributed by atoms with Crippen LogP contribution < -0.4 is 0 Å². The predicted octanol–water partition coefficient (Wildman–Crippen LogP) is 1.26. The maximum atomic E-state index is 12.0. The molecule has 15 heavy (non-hydrogen) atoms. The van der Waals surface area contributed by atoms with Gasteiger partial charge in [0.2, 0.25) is 5.91 Å². The first kappa shape index (κ1) is 10.9. The van der Waals surface area contributed by atoms with E-state index in [2.05, 4.69) is 0 Å². The van der Waals surface area contributed by atoms with E-state index in [-0.39, 0.29) is 17.9 Å². The number of hydrogen-bond acceptors (Lipinski definition) is 2. The first-order valence-corrected chi connectivity index (χ1v) is 6.10. The van der Waals surface area contributed by atoms with Gasteiger partial charge in [-0.15, -0.1) is 0 Å². The van der Waals surface area contributed by atoms with Crippen LogP contribution in [0.2, 0.25) is 0 Å². The van der Waals surface area contributed by atoms with Crippen LogP contribution >= 0.6 is 0 Å². The Morgan fingerprint density at radius 3 is 2.80 bits per heavy atom. The molecular formula is C12H21NO2. The zero-order valence-electron chi connectivity index (χ0n) is 9.65. The molecule has 86 valence electrons. The predicted molar refractivity (Wildman–Crippen MR) is 58.3 cm³/mol. The van der Waals surface area contributed by atoms with Crippen molar-refractivity contribution >= 4 is 5.91 Å². The minimum Gasteiger partial charge on any atom is -0.393 e. The van der Waals surface area contributed by atoms with Crippen molar-refractivity contribution in [2.24, 2.45) is 17.8 Å². The maximum Gasteiger partial charge on any atom is 0.225 e. The van der Waals surface area contributed by atoms with Crippen molar-refractivity contribution in [1.82, 2.24) is 4.90 Å². The summed E-state index contributed by atoms with van der Waals surface area (Å²) < 4.78 is 0. The third-order valence-electron chi connectivity index (χ3n) is 4.16. The molecule has 0 aromatic heterocycles. The van der Waals surface area contributed by atoms with E-state index in [1.54, 1.807) is 0 Å². The molecule has 1 aliphatic heterocycles. The summed E-state index contributed by atoms with van der Waals surface area (Å²) in [4.78, 5) is 13.9. The van der Waals surface area contributed by atoms with Crippen LogP contribution in [0, 0.1) is 17.8 Å². The molecule has 1 saturated carbocycles. The lowest BCUT2D eigenvalue weighted by Crippen LogP contribution is -2.34. The van der Waals surface area contributed by atoms with Gasteiger partial charge in [-0.1, -0.05) is 13.8 Å². The number of amides is 1. The van der Waals surface area contributed by atoms with Gasteiger partial charge in [0.15, 0.2) is 0 Å². The number of carbonyl (C=O) groups excluding carboxylic acids is 1. The molecule has 1 amide bonds. The van der Waals surface area contributed by atoms with Crippen molar-refractivity contribution in [2.75, 3.05) is 13.1 Å². The van der Waals surface area contributed by atoms with Gasteiger partial charge in [0, 0.05) is 24.9 Å². The molecule has 0 radical (unpaired) electrons. The van der Waals surface area contributed by atoms with Crippen LogP contribution in [0.3, 0.4) is 0 Å². The number of aliphatic hydroxyl groups is 1. The fourth-order valence-corrected chi connectivity index (χ4v) is 2.90. The molecule has 1 heterocycles. The first-order chi connectivity index (χ1) is 7.13. The summed E-state index contributed by atoms with van der Waals surface area (Å²) >= 11 is 0. The van der Waals surface area contributed by atoms with Crippen LogP contribution in [-0.4, -0.2) is 35.1 Å². The summed E-state index contributed by atoms with van der Waals surface area (Å²) in [5, 5.41) is 9.76. The monoisotopic (exact) mass is 211 g/mol. The molecule has 2 aliphatic rings. The molecule has 1 N–H and O–H groups in total. The van der Waals surface area contributed by atoms with Gasteiger partial charge in [-0.05, 0) is 25.2 Å². The molecule has 0 bridgehead atoms. The van der Waals surface area contributed by atoms with E-state index in [0.717, 1.165) is 32.4 Å². The Morgan fingerprint density at radius 1 is 1.47 bits per heavy atom. The average molecular weight is 211 g/mol. The topological polar surface area (TPSA) is 40.5 Å². The van der Waals surface area contributed by atoms with Crippen molar-refractivity contribution in [2.45, 2.75) is 39.2 Å². The van der Waals surface area contributed by atoms with Gasteiger partial charge in [0.25, 0.3) is 0 Å². The molecule has 4 unspecified atom stereocenters. The molecule has 3 nitrogen and oxygen atoms in total. The Morgan fingerprint density at radius 2 is 2.20 bits per heavy atom. The van der Waals surface area contributed by atoms with Gasteiger partial charge in [-0.25, -0.2) is 0 Å². The van der Waals surface area contributed by atoms with Crippen LogP contribution in [0.4, 0.5) is 0 Å². The minimum absolute atomic E-state index is 0.140. The Bertz CT molecular complexity index is 254. The number of nitrogens with zero attached hydrogens (tertiary/aromatic N) is 1. The first-order valence-electron chi connectivity index (χ1n) is 6.10. The van der Waals surface area contributed by atoms with Crippen LogP contribution in [-0.2, 0) is 4.79 Å². The zero-order chi connectivity index (χ0) is 11.0. The Balaban J connectivity index is 1.96. The van der Waals surface area contributed by atoms with Crippen molar-refractivity contribution in [3.05, 3.63) is 0 Å². The van der Waals surface area contributed by atoms with Gasteiger partial charge in [-0.3, -0.25) is 4.79 Å². The maximum absolute atomic E-state index is 12.0. The standard InChI is InChI=1S/C12H21NO2/c1-3-8(2)12(15)13-6-9-4-5-11(14)10(9)7-13/h8-11,14H,3-7H2,1-2H3. The van der Waals surface area contributed by atoms with E-state index in [1.807, 2.05) is 18.7 Å². The van der Waals surface area contributed by atoms with Gasteiger partial charge in [0.05, 0.1) is 6.10 Å². The highest BCUT2D eigenvalue weighted by molar-refractivity contribution is 5.78. The molecule has 2 fully saturated rings. The second-order valence-corrected chi connectivity index (χ2v) is 5.12. The molecule has 0 aromatic carbocycles. The third-order valence-corrected chi connectivity index (χ3v) is 4.16. The van der Waals surface area contributed by atoms with E-state index < -0.39 is 0 Å². The van der Waals surface area contributed by atoms with Crippen LogP contribution in [0.5, 0.6) is 0 Å². The van der Waals surface area contributed by atoms with Crippen LogP contribution in [0.1, 0.15) is 33.1 Å². The summed E-state index contributed by atoms with van der Waals surface area (Å²) in [6.07, 6.45) is 2.77. The summed E-state index contributed by atoms with van der Waals surface area (Å²) in [5.74, 6) is 1.34. The van der Waals surface area contributed by atoms with Crippen LogP contribution in [0.15, 0.2) is 0 Å². The summed E-state index contributed by atoms with van der Waals surface area (Å²) in [5.41, 5.74) is 0. The number of hydrogen-bond donors (Lipinski definition) is 1. The molecule has 0 aromatic rings. The van der Waals surface area contributed by atoms with Crippen LogP contribution in [0.25, 0.3) is 0 Å². The Hall–Kier alpha value is -0.570. The summed E-state index contributed by atoms with van der Waals surface area (Å²) in [7, 11) is 0. The number of carbonyl (C=O) groups is 1. The van der Waals surface area contributed by atoms with Gasteiger partial charge < -0.3 is 10.0 Å². The highest BCUT2D eigenvalue weighted by Gasteiger charge is 2.43. The van der Waals surface area contributed by atoms with E-state index >= 15 is 0 Å². The van der Waals surface area contributed by atoms with Gasteiger partial charge in [0.1, 0.15) is 0 Å². The molecule has 2 rings (SSSR count).